The lowest BCUT2D eigenvalue weighted by atomic mass is 9.76. The maximum absolute atomic E-state index is 13.7. The van der Waals surface area contributed by atoms with Gasteiger partial charge >= 0.3 is 0 Å². The maximum atomic E-state index is 13.7. The molecule has 0 amide bonds. The van der Waals surface area contributed by atoms with Gasteiger partial charge in [-0.05, 0) is 80.4 Å². The third kappa shape index (κ3) is 6.47. The standard InChI is InChI=1S/C26H39F/c1-3-4-21-7-9-22(10-8-21)11-12-23-13-15-24(16-14-23)17-18-25-6-5-20(2)26(27)19-25/h5-6,15,19,21-23H,3-4,7-14,16-18H2,1-2H3. The topological polar surface area (TPSA) is 0 Å². The number of aryl methyl sites for hydroxylation is 2. The van der Waals surface area contributed by atoms with Gasteiger partial charge in [-0.1, -0.05) is 75.7 Å². The molecule has 1 saturated carbocycles. The van der Waals surface area contributed by atoms with Gasteiger partial charge in [0, 0.05) is 0 Å². The van der Waals surface area contributed by atoms with Gasteiger partial charge in [0.05, 0.1) is 0 Å². The molecule has 1 unspecified atom stereocenters. The predicted molar refractivity (Wildman–Crippen MR) is 114 cm³/mol. The van der Waals surface area contributed by atoms with Crippen LogP contribution in [-0.4, -0.2) is 0 Å². The first-order chi connectivity index (χ1) is 13.1. The third-order valence-electron chi connectivity index (χ3n) is 7.23. The molecule has 1 fully saturated rings. The molecule has 0 bridgehead atoms. The van der Waals surface area contributed by atoms with Crippen molar-refractivity contribution in [1.82, 2.24) is 0 Å². The van der Waals surface area contributed by atoms with Crippen molar-refractivity contribution in [2.45, 2.75) is 97.3 Å². The van der Waals surface area contributed by atoms with Crippen molar-refractivity contribution >= 4 is 0 Å². The van der Waals surface area contributed by atoms with Crippen LogP contribution in [-0.2, 0) is 6.42 Å². The van der Waals surface area contributed by atoms with Gasteiger partial charge in [-0.3, -0.25) is 0 Å². The van der Waals surface area contributed by atoms with Crippen LogP contribution in [0.4, 0.5) is 4.39 Å². The molecule has 2 aliphatic rings. The molecule has 0 spiro atoms. The van der Waals surface area contributed by atoms with Crippen molar-refractivity contribution in [3.8, 4) is 0 Å². The van der Waals surface area contributed by atoms with Gasteiger partial charge in [-0.2, -0.15) is 0 Å². The van der Waals surface area contributed by atoms with E-state index in [-0.39, 0.29) is 5.82 Å². The van der Waals surface area contributed by atoms with Crippen LogP contribution >= 0.6 is 0 Å². The van der Waals surface area contributed by atoms with E-state index in [0.717, 1.165) is 41.7 Å². The molecular formula is C26H39F. The molecule has 0 nitrogen and oxygen atoms in total. The lowest BCUT2D eigenvalue weighted by Gasteiger charge is -2.30. The number of allylic oxidation sites excluding steroid dienone is 2. The summed E-state index contributed by atoms with van der Waals surface area (Å²) in [5.41, 5.74) is 3.49. The zero-order valence-corrected chi connectivity index (χ0v) is 17.6. The second-order valence-corrected chi connectivity index (χ2v) is 9.34. The summed E-state index contributed by atoms with van der Waals surface area (Å²) in [6.45, 7) is 4.16. The highest BCUT2D eigenvalue weighted by Gasteiger charge is 2.22. The molecular weight excluding hydrogens is 331 g/mol. The first kappa shape index (κ1) is 20.6. The van der Waals surface area contributed by atoms with Crippen LogP contribution in [0.15, 0.2) is 29.8 Å². The summed E-state index contributed by atoms with van der Waals surface area (Å²) in [6, 6.07) is 5.71. The highest BCUT2D eigenvalue weighted by molar-refractivity contribution is 5.24. The number of halogens is 1. The van der Waals surface area contributed by atoms with E-state index in [0.29, 0.717) is 0 Å². The molecule has 1 aromatic carbocycles. The molecule has 0 saturated heterocycles. The highest BCUT2D eigenvalue weighted by atomic mass is 19.1. The monoisotopic (exact) mass is 370 g/mol. The Morgan fingerprint density at radius 3 is 2.22 bits per heavy atom. The normalized spacial score (nSPS) is 26.0. The Morgan fingerprint density at radius 2 is 1.59 bits per heavy atom. The first-order valence-corrected chi connectivity index (χ1v) is 11.6. The number of hydrogen-bond donors (Lipinski definition) is 0. The summed E-state index contributed by atoms with van der Waals surface area (Å²) >= 11 is 0. The van der Waals surface area contributed by atoms with Crippen LogP contribution in [0.5, 0.6) is 0 Å². The van der Waals surface area contributed by atoms with Gasteiger partial charge in [-0.25, -0.2) is 4.39 Å². The van der Waals surface area contributed by atoms with Crippen LogP contribution < -0.4 is 0 Å². The Labute approximate surface area is 166 Å². The van der Waals surface area contributed by atoms with Crippen molar-refractivity contribution < 1.29 is 4.39 Å². The molecule has 1 aromatic rings. The SMILES string of the molecule is CCCC1CCC(CCC2CC=C(CCc3ccc(C)c(F)c3)CC2)CC1. The predicted octanol–water partition coefficient (Wildman–Crippen LogP) is 8.18. The molecule has 2 aliphatic carbocycles. The van der Waals surface area contributed by atoms with Crippen molar-refractivity contribution in [3.63, 3.8) is 0 Å². The number of hydrogen-bond acceptors (Lipinski definition) is 0. The fourth-order valence-electron chi connectivity index (χ4n) is 5.22. The average molecular weight is 371 g/mol. The van der Waals surface area contributed by atoms with E-state index in [4.69, 9.17) is 0 Å². The van der Waals surface area contributed by atoms with Crippen molar-refractivity contribution in [2.75, 3.05) is 0 Å². The molecule has 0 heterocycles. The Morgan fingerprint density at radius 1 is 0.889 bits per heavy atom. The molecule has 3 rings (SSSR count). The summed E-state index contributed by atoms with van der Waals surface area (Å²) in [4.78, 5) is 0. The summed E-state index contributed by atoms with van der Waals surface area (Å²) < 4.78 is 13.7. The summed E-state index contributed by atoms with van der Waals surface area (Å²) in [5, 5.41) is 0. The average Bonchev–Trinajstić information content (AvgIpc) is 2.69. The van der Waals surface area contributed by atoms with Gasteiger partial charge in [0.25, 0.3) is 0 Å². The number of rotatable bonds is 8. The molecule has 1 heteroatoms. The second kappa shape index (κ2) is 10.4. The van der Waals surface area contributed by atoms with Crippen LogP contribution in [0, 0.1) is 30.5 Å². The zero-order chi connectivity index (χ0) is 19.1. The lowest BCUT2D eigenvalue weighted by molar-refractivity contribution is 0.236. The minimum atomic E-state index is -0.0612. The Kier molecular flexibility index (Phi) is 7.97. The van der Waals surface area contributed by atoms with E-state index < -0.39 is 0 Å². The summed E-state index contributed by atoms with van der Waals surface area (Å²) in [6.07, 6.45) is 20.2. The van der Waals surface area contributed by atoms with E-state index in [1.807, 2.05) is 13.0 Å². The van der Waals surface area contributed by atoms with Gasteiger partial charge < -0.3 is 0 Å². The van der Waals surface area contributed by atoms with E-state index in [9.17, 15) is 4.39 Å². The Bertz CT molecular complexity index is 607. The molecule has 27 heavy (non-hydrogen) atoms. The van der Waals surface area contributed by atoms with Gasteiger partial charge in [-0.15, -0.1) is 0 Å². The summed E-state index contributed by atoms with van der Waals surface area (Å²) in [5.74, 6) is 2.90. The minimum Gasteiger partial charge on any atom is -0.207 e. The Balaban J connectivity index is 1.34. The van der Waals surface area contributed by atoms with Crippen LogP contribution in [0.3, 0.4) is 0 Å². The van der Waals surface area contributed by atoms with Crippen LogP contribution in [0.2, 0.25) is 0 Å². The van der Waals surface area contributed by atoms with E-state index in [1.54, 1.807) is 11.6 Å². The van der Waals surface area contributed by atoms with Crippen LogP contribution in [0.1, 0.15) is 95.1 Å². The molecule has 150 valence electrons. The van der Waals surface area contributed by atoms with Gasteiger partial charge in [0.15, 0.2) is 0 Å². The lowest BCUT2D eigenvalue weighted by Crippen LogP contribution is -2.16. The highest BCUT2D eigenvalue weighted by Crippen LogP contribution is 2.36. The molecule has 0 N–H and O–H groups in total. The maximum Gasteiger partial charge on any atom is 0.126 e. The van der Waals surface area contributed by atoms with Gasteiger partial charge in [0.2, 0.25) is 0 Å². The molecule has 0 radical (unpaired) electrons. The fourth-order valence-corrected chi connectivity index (χ4v) is 5.22. The number of benzene rings is 1. The minimum absolute atomic E-state index is 0.0612. The quantitative estimate of drug-likeness (QED) is 0.405. The van der Waals surface area contributed by atoms with E-state index in [2.05, 4.69) is 19.1 Å². The van der Waals surface area contributed by atoms with E-state index in [1.165, 1.54) is 70.6 Å². The smallest absolute Gasteiger partial charge is 0.126 e. The summed E-state index contributed by atoms with van der Waals surface area (Å²) in [7, 11) is 0. The molecule has 1 atom stereocenters. The largest absolute Gasteiger partial charge is 0.207 e. The van der Waals surface area contributed by atoms with Crippen molar-refractivity contribution in [2.24, 2.45) is 17.8 Å². The second-order valence-electron chi connectivity index (χ2n) is 9.34. The van der Waals surface area contributed by atoms with E-state index >= 15 is 0 Å². The zero-order valence-electron chi connectivity index (χ0n) is 17.6. The van der Waals surface area contributed by atoms with Crippen molar-refractivity contribution in [1.29, 1.82) is 0 Å². The third-order valence-corrected chi connectivity index (χ3v) is 7.23. The van der Waals surface area contributed by atoms with Gasteiger partial charge in [0.1, 0.15) is 5.82 Å². The molecule has 0 aromatic heterocycles. The molecule has 0 aliphatic heterocycles. The Hall–Kier alpha value is -1.11. The van der Waals surface area contributed by atoms with Crippen LogP contribution in [0.25, 0.3) is 0 Å². The first-order valence-electron chi connectivity index (χ1n) is 11.6. The van der Waals surface area contributed by atoms with Crippen molar-refractivity contribution in [3.05, 3.63) is 46.8 Å². The fraction of sp³-hybridized carbons (Fsp3) is 0.692.